The highest BCUT2D eigenvalue weighted by Gasteiger charge is 2.26. The third-order valence-electron chi connectivity index (χ3n) is 6.24. The lowest BCUT2D eigenvalue weighted by Crippen LogP contribution is -2.20. The summed E-state index contributed by atoms with van der Waals surface area (Å²) in [7, 11) is 1.76. The van der Waals surface area contributed by atoms with Crippen molar-refractivity contribution in [1.82, 2.24) is 24.7 Å². The Bertz CT molecular complexity index is 1350. The molecule has 0 aliphatic heterocycles. The summed E-state index contributed by atoms with van der Waals surface area (Å²) < 4.78 is 7.22. The summed E-state index contributed by atoms with van der Waals surface area (Å²) >= 11 is 0. The minimum Gasteiger partial charge on any atom is -0.382 e. The van der Waals surface area contributed by atoms with Crippen molar-refractivity contribution in [2.75, 3.05) is 18.2 Å². The molecule has 9 heteroatoms. The Kier molecular flexibility index (Phi) is 7.22. The average Bonchev–Trinajstić information content (AvgIpc) is 3.54. The highest BCUT2D eigenvalue weighted by molar-refractivity contribution is 5.96. The normalized spacial score (nSPS) is 18.6. The Labute approximate surface area is 205 Å². The van der Waals surface area contributed by atoms with E-state index in [0.29, 0.717) is 22.4 Å². The number of aryl methyl sites for hydroxylation is 1. The zero-order valence-electron chi connectivity index (χ0n) is 20.3. The number of hydrogen-bond acceptors (Lipinski definition) is 8. The Morgan fingerprint density at radius 3 is 2.83 bits per heavy atom. The topological polar surface area (TPSA) is 128 Å². The highest BCUT2D eigenvalue weighted by Crippen LogP contribution is 2.32. The van der Waals surface area contributed by atoms with E-state index in [0.717, 1.165) is 54.0 Å². The third kappa shape index (κ3) is 5.08. The first-order valence-electron chi connectivity index (χ1n) is 11.7. The molecule has 1 saturated carbocycles. The van der Waals surface area contributed by atoms with Crippen LogP contribution in [0.15, 0.2) is 49.0 Å². The van der Waals surface area contributed by atoms with Gasteiger partial charge in [0.25, 0.3) is 0 Å². The minimum atomic E-state index is 0.270. The fourth-order valence-corrected chi connectivity index (χ4v) is 4.23. The second kappa shape index (κ2) is 10.5. The lowest BCUT2D eigenvalue weighted by atomic mass is 10.1. The number of nitriles is 1. The monoisotopic (exact) mass is 470 g/mol. The van der Waals surface area contributed by atoms with Gasteiger partial charge >= 0.3 is 0 Å². The van der Waals surface area contributed by atoms with Crippen LogP contribution in [0.4, 0.5) is 11.6 Å². The molecule has 1 aliphatic carbocycles. The molecule has 35 heavy (non-hydrogen) atoms. The third-order valence-corrected chi connectivity index (χ3v) is 6.24. The van der Waals surface area contributed by atoms with Crippen LogP contribution < -0.4 is 11.1 Å². The number of nitrogens with one attached hydrogen (secondary N) is 1. The summed E-state index contributed by atoms with van der Waals surface area (Å²) in [6.45, 7) is 7.66. The van der Waals surface area contributed by atoms with Crippen molar-refractivity contribution in [3.63, 3.8) is 0 Å². The van der Waals surface area contributed by atoms with Crippen LogP contribution in [0.3, 0.4) is 0 Å². The van der Waals surface area contributed by atoms with Crippen molar-refractivity contribution >= 4 is 28.4 Å². The van der Waals surface area contributed by atoms with Gasteiger partial charge in [0.2, 0.25) is 0 Å². The van der Waals surface area contributed by atoms with Crippen molar-refractivity contribution in [2.45, 2.75) is 51.7 Å². The molecule has 1 fully saturated rings. The summed E-state index contributed by atoms with van der Waals surface area (Å²) in [5.74, 6) is 1.11. The molecule has 0 bridgehead atoms. The number of hydrogen-bond donors (Lipinski definition) is 2. The van der Waals surface area contributed by atoms with Gasteiger partial charge in [-0.25, -0.2) is 19.6 Å². The van der Waals surface area contributed by atoms with Gasteiger partial charge in [0, 0.05) is 42.2 Å². The van der Waals surface area contributed by atoms with Crippen LogP contribution in [0.5, 0.6) is 0 Å². The highest BCUT2D eigenvalue weighted by atomic mass is 16.5. The number of rotatable bonds is 8. The van der Waals surface area contributed by atoms with Gasteiger partial charge in [-0.15, -0.1) is 0 Å². The molecule has 0 saturated heterocycles. The molecule has 3 N–H and O–H groups in total. The van der Waals surface area contributed by atoms with Crippen LogP contribution in [0.1, 0.15) is 38.8 Å². The number of anilines is 2. The van der Waals surface area contributed by atoms with Crippen LogP contribution in [-0.2, 0) is 11.2 Å². The molecule has 0 unspecified atom stereocenters. The quantitative estimate of drug-likeness (QED) is 0.364. The standard InChI is InChI=1S/C26H30N8O/c1-5-19(9-7-16(3)12-27)34-15-17(13-30-34)21-14-29-25(28)24-23(21)33-26(22(6-2)32-24)31-18-8-10-20(11-18)35-4/h5,7,9,13-15,18,20H,1,6,8,10-11H2,2-4H3,(H2,28,29)(H,31,33)/b16-7+,19-9+/t18-,20+/m1/s1. The van der Waals surface area contributed by atoms with Crippen molar-refractivity contribution < 1.29 is 4.74 Å². The maximum atomic E-state index is 9.00. The summed E-state index contributed by atoms with van der Waals surface area (Å²) in [6, 6.07) is 2.39. The lowest BCUT2D eigenvalue weighted by molar-refractivity contribution is 0.108. The number of aromatic nitrogens is 5. The van der Waals surface area contributed by atoms with E-state index in [-0.39, 0.29) is 12.1 Å². The molecule has 4 rings (SSSR count). The maximum Gasteiger partial charge on any atom is 0.151 e. The molecule has 3 heterocycles. The van der Waals surface area contributed by atoms with Crippen LogP contribution in [-0.4, -0.2) is 44.0 Å². The Hall–Kier alpha value is -4.03. The maximum absolute atomic E-state index is 9.00. The number of nitrogens with zero attached hydrogens (tertiary/aromatic N) is 6. The molecular formula is C26H30N8O. The number of methoxy groups -OCH3 is 1. The number of ether oxygens (including phenoxy) is 1. The van der Waals surface area contributed by atoms with E-state index in [4.69, 9.17) is 25.7 Å². The molecule has 9 nitrogen and oxygen atoms in total. The SMILES string of the molecule is C=C/C(=C\C=C(/C)C#N)n1cc(-c2cnc(N)c3nc(CC)c(N[C@@H]4CC[C@H](OC)C4)nc23)cn1. The van der Waals surface area contributed by atoms with Gasteiger partial charge in [0.1, 0.15) is 16.9 Å². The van der Waals surface area contributed by atoms with Crippen molar-refractivity contribution in [3.05, 3.63) is 54.7 Å². The van der Waals surface area contributed by atoms with Gasteiger partial charge in [-0.1, -0.05) is 13.5 Å². The zero-order valence-corrected chi connectivity index (χ0v) is 20.3. The second-order valence-corrected chi connectivity index (χ2v) is 8.57. The number of nitrogen functional groups attached to an aromatic ring is 1. The van der Waals surface area contributed by atoms with E-state index in [1.54, 1.807) is 49.3 Å². The molecular weight excluding hydrogens is 440 g/mol. The predicted molar refractivity (Wildman–Crippen MR) is 138 cm³/mol. The van der Waals surface area contributed by atoms with E-state index in [9.17, 15) is 0 Å². The first-order chi connectivity index (χ1) is 17.0. The lowest BCUT2D eigenvalue weighted by Gasteiger charge is -2.17. The van der Waals surface area contributed by atoms with E-state index in [1.807, 2.05) is 6.20 Å². The molecule has 0 radical (unpaired) electrons. The van der Waals surface area contributed by atoms with E-state index >= 15 is 0 Å². The molecule has 3 aromatic rings. The first kappa shape index (κ1) is 24.1. The van der Waals surface area contributed by atoms with Crippen molar-refractivity contribution in [2.24, 2.45) is 0 Å². The van der Waals surface area contributed by atoms with Crippen molar-refractivity contribution in [3.8, 4) is 17.2 Å². The minimum absolute atomic E-state index is 0.270. The van der Waals surface area contributed by atoms with Gasteiger partial charge in [-0.05, 0) is 50.8 Å². The van der Waals surface area contributed by atoms with Crippen LogP contribution in [0.2, 0.25) is 0 Å². The number of allylic oxidation sites excluding steroid dienone is 5. The molecule has 180 valence electrons. The average molecular weight is 471 g/mol. The fraction of sp³-hybridized carbons (Fsp3) is 0.346. The zero-order chi connectivity index (χ0) is 24.9. The van der Waals surface area contributed by atoms with E-state index in [2.05, 4.69) is 35.0 Å². The van der Waals surface area contributed by atoms with Gasteiger partial charge < -0.3 is 15.8 Å². The molecule has 2 atom stereocenters. The summed E-state index contributed by atoms with van der Waals surface area (Å²) in [5, 5.41) is 17.1. The van der Waals surface area contributed by atoms with Crippen LogP contribution in [0, 0.1) is 11.3 Å². The predicted octanol–water partition coefficient (Wildman–Crippen LogP) is 4.51. The smallest absolute Gasteiger partial charge is 0.151 e. The Balaban J connectivity index is 1.75. The van der Waals surface area contributed by atoms with E-state index in [1.165, 1.54) is 0 Å². The fourth-order valence-electron chi connectivity index (χ4n) is 4.23. The molecule has 1 aliphatic rings. The molecule has 3 aromatic heterocycles. The van der Waals surface area contributed by atoms with Gasteiger partial charge in [0.15, 0.2) is 5.82 Å². The summed E-state index contributed by atoms with van der Waals surface area (Å²) in [4.78, 5) is 14.2. The summed E-state index contributed by atoms with van der Waals surface area (Å²) in [6.07, 6.45) is 14.5. The second-order valence-electron chi connectivity index (χ2n) is 8.57. The van der Waals surface area contributed by atoms with Gasteiger partial charge in [-0.3, -0.25) is 0 Å². The summed E-state index contributed by atoms with van der Waals surface area (Å²) in [5.41, 5.74) is 11.2. The molecule has 0 spiro atoms. The number of pyridine rings is 1. The molecule has 0 amide bonds. The van der Waals surface area contributed by atoms with Crippen LogP contribution >= 0.6 is 0 Å². The molecule has 0 aromatic carbocycles. The van der Waals surface area contributed by atoms with Crippen molar-refractivity contribution in [1.29, 1.82) is 5.26 Å². The Morgan fingerprint density at radius 1 is 1.31 bits per heavy atom. The number of fused-ring (bicyclic) bond motifs is 1. The van der Waals surface area contributed by atoms with Gasteiger partial charge in [0.05, 0.1) is 29.8 Å². The first-order valence-corrected chi connectivity index (χ1v) is 11.7. The van der Waals surface area contributed by atoms with Gasteiger partial charge in [-0.2, -0.15) is 10.4 Å². The van der Waals surface area contributed by atoms with Crippen LogP contribution in [0.25, 0.3) is 27.9 Å². The Morgan fingerprint density at radius 2 is 2.14 bits per heavy atom. The van der Waals surface area contributed by atoms with E-state index < -0.39 is 0 Å². The number of nitrogens with two attached hydrogens (primary N) is 1. The largest absolute Gasteiger partial charge is 0.382 e.